The Hall–Kier alpha value is -0.710. The number of hydrogen-bond acceptors (Lipinski definition) is 2. The minimum atomic E-state index is -0.150. The van der Waals surface area contributed by atoms with Gasteiger partial charge in [-0.1, -0.05) is 28.9 Å². The van der Waals surface area contributed by atoms with Crippen molar-refractivity contribution in [2.24, 2.45) is 0 Å². The molecule has 1 aromatic carbocycles. The standard InChI is InChI=1S/C14H15BrFNS/c1-2-17-14(11-5-6-18-9-11)7-10-3-4-12(15)8-13(10)16/h3-6,8-9,14,17H,2,7H2,1H3. The molecule has 1 nitrogen and oxygen atoms in total. The van der Waals surface area contributed by atoms with Gasteiger partial charge in [-0.05, 0) is 53.1 Å². The smallest absolute Gasteiger partial charge is 0.127 e. The predicted molar refractivity (Wildman–Crippen MR) is 78.5 cm³/mol. The Morgan fingerprint density at radius 2 is 2.22 bits per heavy atom. The summed E-state index contributed by atoms with van der Waals surface area (Å²) < 4.78 is 14.6. The number of likely N-dealkylation sites (N-methyl/N-ethyl adjacent to an activating group) is 1. The van der Waals surface area contributed by atoms with Gasteiger partial charge in [-0.2, -0.15) is 11.3 Å². The van der Waals surface area contributed by atoms with Crippen molar-refractivity contribution in [1.82, 2.24) is 5.32 Å². The number of halogens is 2. The summed E-state index contributed by atoms with van der Waals surface area (Å²) in [5, 5.41) is 7.57. The van der Waals surface area contributed by atoms with E-state index in [1.807, 2.05) is 12.1 Å². The molecule has 96 valence electrons. The summed E-state index contributed by atoms with van der Waals surface area (Å²) in [6, 6.07) is 7.52. The highest BCUT2D eigenvalue weighted by Crippen LogP contribution is 2.23. The first-order valence-corrected chi connectivity index (χ1v) is 7.63. The lowest BCUT2D eigenvalue weighted by atomic mass is 10.0. The number of benzene rings is 1. The van der Waals surface area contributed by atoms with Gasteiger partial charge >= 0.3 is 0 Å². The number of nitrogens with one attached hydrogen (secondary N) is 1. The summed E-state index contributed by atoms with van der Waals surface area (Å²) in [6.45, 7) is 2.94. The van der Waals surface area contributed by atoms with E-state index in [0.29, 0.717) is 6.42 Å². The molecule has 1 heterocycles. The largest absolute Gasteiger partial charge is 0.310 e. The van der Waals surface area contributed by atoms with E-state index in [2.05, 4.69) is 45.0 Å². The maximum Gasteiger partial charge on any atom is 0.127 e. The lowest BCUT2D eigenvalue weighted by Gasteiger charge is -2.17. The minimum absolute atomic E-state index is 0.150. The van der Waals surface area contributed by atoms with E-state index in [1.54, 1.807) is 11.3 Å². The Kier molecular flexibility index (Phi) is 4.92. The van der Waals surface area contributed by atoms with Crippen LogP contribution in [0, 0.1) is 5.82 Å². The molecule has 2 aromatic rings. The molecule has 0 amide bonds. The van der Waals surface area contributed by atoms with Gasteiger partial charge in [0.15, 0.2) is 0 Å². The van der Waals surface area contributed by atoms with E-state index in [4.69, 9.17) is 0 Å². The molecule has 0 saturated carbocycles. The van der Waals surface area contributed by atoms with E-state index < -0.39 is 0 Å². The summed E-state index contributed by atoms with van der Waals surface area (Å²) in [7, 11) is 0. The van der Waals surface area contributed by atoms with Crippen molar-refractivity contribution in [2.75, 3.05) is 6.54 Å². The summed E-state index contributed by atoms with van der Waals surface area (Å²) in [4.78, 5) is 0. The molecule has 2 rings (SSSR count). The topological polar surface area (TPSA) is 12.0 Å². The first-order valence-electron chi connectivity index (χ1n) is 5.90. The SMILES string of the molecule is CCNC(Cc1ccc(Br)cc1F)c1ccsc1. The molecular formula is C14H15BrFNS. The molecular weight excluding hydrogens is 313 g/mol. The third-order valence-electron chi connectivity index (χ3n) is 2.84. The molecule has 4 heteroatoms. The van der Waals surface area contributed by atoms with Crippen molar-refractivity contribution in [1.29, 1.82) is 0 Å². The van der Waals surface area contributed by atoms with Gasteiger partial charge in [-0.15, -0.1) is 0 Å². The molecule has 1 atom stereocenters. The Morgan fingerprint density at radius 1 is 1.39 bits per heavy atom. The van der Waals surface area contributed by atoms with Crippen LogP contribution in [0.3, 0.4) is 0 Å². The number of hydrogen-bond donors (Lipinski definition) is 1. The summed E-state index contributed by atoms with van der Waals surface area (Å²) in [5.41, 5.74) is 1.97. The Morgan fingerprint density at radius 3 is 2.83 bits per heavy atom. The van der Waals surface area contributed by atoms with Crippen molar-refractivity contribution >= 4 is 27.3 Å². The molecule has 1 unspecified atom stereocenters. The molecule has 1 N–H and O–H groups in total. The maximum atomic E-state index is 13.8. The molecule has 0 bridgehead atoms. The lowest BCUT2D eigenvalue weighted by Crippen LogP contribution is -2.22. The Bertz CT molecular complexity index is 499. The average Bonchev–Trinajstić information content (AvgIpc) is 2.85. The van der Waals surface area contributed by atoms with Crippen LogP contribution in [0.5, 0.6) is 0 Å². The fraction of sp³-hybridized carbons (Fsp3) is 0.286. The zero-order valence-corrected chi connectivity index (χ0v) is 12.5. The van der Waals surface area contributed by atoms with Gasteiger partial charge in [0.1, 0.15) is 5.82 Å². The van der Waals surface area contributed by atoms with E-state index in [1.165, 1.54) is 11.6 Å². The highest BCUT2D eigenvalue weighted by molar-refractivity contribution is 9.10. The summed E-state index contributed by atoms with van der Waals surface area (Å²) in [5.74, 6) is -0.150. The van der Waals surface area contributed by atoms with Crippen molar-refractivity contribution < 1.29 is 4.39 Å². The van der Waals surface area contributed by atoms with E-state index >= 15 is 0 Å². The highest BCUT2D eigenvalue weighted by atomic mass is 79.9. The quantitative estimate of drug-likeness (QED) is 0.849. The second kappa shape index (κ2) is 6.45. The summed E-state index contributed by atoms with van der Waals surface area (Å²) in [6.07, 6.45) is 0.670. The van der Waals surface area contributed by atoms with Gasteiger partial charge in [0.2, 0.25) is 0 Å². The molecule has 0 aliphatic rings. The van der Waals surface area contributed by atoms with Gasteiger partial charge in [0, 0.05) is 10.5 Å². The zero-order valence-electron chi connectivity index (χ0n) is 10.1. The Balaban J connectivity index is 2.18. The fourth-order valence-corrected chi connectivity index (χ4v) is 2.98. The van der Waals surface area contributed by atoms with Crippen LogP contribution >= 0.6 is 27.3 Å². The van der Waals surface area contributed by atoms with Gasteiger partial charge in [0.05, 0.1) is 0 Å². The van der Waals surface area contributed by atoms with E-state index in [0.717, 1.165) is 16.6 Å². The van der Waals surface area contributed by atoms with Crippen LogP contribution in [0.25, 0.3) is 0 Å². The van der Waals surface area contributed by atoms with Crippen LogP contribution in [0.2, 0.25) is 0 Å². The molecule has 0 fully saturated rings. The molecule has 0 spiro atoms. The monoisotopic (exact) mass is 327 g/mol. The molecule has 0 saturated heterocycles. The molecule has 18 heavy (non-hydrogen) atoms. The van der Waals surface area contributed by atoms with E-state index in [-0.39, 0.29) is 11.9 Å². The van der Waals surface area contributed by atoms with Crippen LogP contribution in [0.4, 0.5) is 4.39 Å². The molecule has 0 aliphatic heterocycles. The van der Waals surface area contributed by atoms with Crippen LogP contribution in [-0.4, -0.2) is 6.54 Å². The second-order valence-electron chi connectivity index (χ2n) is 4.11. The minimum Gasteiger partial charge on any atom is -0.310 e. The van der Waals surface area contributed by atoms with Crippen LogP contribution < -0.4 is 5.32 Å². The van der Waals surface area contributed by atoms with Gasteiger partial charge < -0.3 is 5.32 Å². The van der Waals surface area contributed by atoms with Crippen LogP contribution in [-0.2, 0) is 6.42 Å². The third kappa shape index (κ3) is 3.40. The Labute approximate surface area is 119 Å². The van der Waals surface area contributed by atoms with Gasteiger partial charge in [-0.3, -0.25) is 0 Å². The van der Waals surface area contributed by atoms with Gasteiger partial charge in [-0.25, -0.2) is 4.39 Å². The average molecular weight is 328 g/mol. The fourth-order valence-electron chi connectivity index (χ4n) is 1.93. The van der Waals surface area contributed by atoms with Gasteiger partial charge in [0.25, 0.3) is 0 Å². The number of rotatable bonds is 5. The highest BCUT2D eigenvalue weighted by Gasteiger charge is 2.14. The first kappa shape index (κ1) is 13.7. The second-order valence-corrected chi connectivity index (χ2v) is 5.80. The lowest BCUT2D eigenvalue weighted by molar-refractivity contribution is 0.529. The first-order chi connectivity index (χ1) is 8.70. The van der Waals surface area contributed by atoms with Crippen molar-refractivity contribution in [3.05, 3.63) is 56.4 Å². The predicted octanol–water partition coefficient (Wildman–Crippen LogP) is 4.54. The van der Waals surface area contributed by atoms with Crippen LogP contribution in [0.1, 0.15) is 24.1 Å². The van der Waals surface area contributed by atoms with Crippen molar-refractivity contribution in [3.63, 3.8) is 0 Å². The summed E-state index contributed by atoms with van der Waals surface area (Å²) >= 11 is 4.95. The van der Waals surface area contributed by atoms with Crippen molar-refractivity contribution in [2.45, 2.75) is 19.4 Å². The molecule has 1 aromatic heterocycles. The molecule has 0 radical (unpaired) electrons. The zero-order chi connectivity index (χ0) is 13.0. The number of thiophene rings is 1. The molecule has 0 aliphatic carbocycles. The van der Waals surface area contributed by atoms with Crippen LogP contribution in [0.15, 0.2) is 39.5 Å². The van der Waals surface area contributed by atoms with E-state index in [9.17, 15) is 4.39 Å². The maximum absolute atomic E-state index is 13.8. The normalized spacial score (nSPS) is 12.6. The van der Waals surface area contributed by atoms with Crippen molar-refractivity contribution in [3.8, 4) is 0 Å². The third-order valence-corrected chi connectivity index (χ3v) is 4.03.